The average Bonchev–Trinajstić information content (AvgIpc) is 2.53. The van der Waals surface area contributed by atoms with Crippen molar-refractivity contribution < 1.29 is 4.74 Å². The maximum Gasteiger partial charge on any atom is 0.122 e. The van der Waals surface area contributed by atoms with Crippen molar-refractivity contribution in [1.29, 1.82) is 0 Å². The van der Waals surface area contributed by atoms with E-state index in [9.17, 15) is 0 Å². The van der Waals surface area contributed by atoms with Gasteiger partial charge in [-0.15, -0.1) is 0 Å². The highest BCUT2D eigenvalue weighted by Gasteiger charge is 2.08. The second-order valence-corrected chi connectivity index (χ2v) is 5.57. The molecule has 21 heavy (non-hydrogen) atoms. The Labute approximate surface area is 132 Å². The van der Waals surface area contributed by atoms with Crippen LogP contribution >= 0.6 is 11.6 Å². The zero-order valence-electron chi connectivity index (χ0n) is 12.6. The molecule has 2 rings (SSSR count). The summed E-state index contributed by atoms with van der Waals surface area (Å²) in [5.41, 5.74) is 2.34. The molecule has 0 aliphatic heterocycles. The van der Waals surface area contributed by atoms with Crippen molar-refractivity contribution >= 4 is 17.3 Å². The van der Waals surface area contributed by atoms with Crippen molar-refractivity contribution in [1.82, 2.24) is 0 Å². The van der Waals surface area contributed by atoms with E-state index in [1.165, 1.54) is 5.56 Å². The number of anilines is 1. The topological polar surface area (TPSA) is 21.3 Å². The molecular formula is C18H22ClNO. The molecule has 3 heteroatoms. The van der Waals surface area contributed by atoms with E-state index in [2.05, 4.69) is 31.3 Å². The minimum atomic E-state index is 0.519. The summed E-state index contributed by atoms with van der Waals surface area (Å²) >= 11 is 5.86. The van der Waals surface area contributed by atoms with Gasteiger partial charge in [0.25, 0.3) is 0 Å². The quantitative estimate of drug-likeness (QED) is 0.697. The van der Waals surface area contributed by atoms with E-state index in [0.717, 1.165) is 29.4 Å². The fraction of sp³-hybridized carbons (Fsp3) is 0.333. The summed E-state index contributed by atoms with van der Waals surface area (Å²) in [5.74, 6) is 1.51. The lowest BCUT2D eigenvalue weighted by Crippen LogP contribution is -2.12. The predicted octanol–water partition coefficient (Wildman–Crippen LogP) is 5.34. The smallest absolute Gasteiger partial charge is 0.122 e. The SMILES string of the molecule is CCC(C)c1ccccc1OCCNc1ccc(Cl)cc1. The fourth-order valence-corrected chi connectivity index (χ4v) is 2.29. The molecule has 0 spiro atoms. The van der Waals surface area contributed by atoms with Crippen LogP contribution in [0.2, 0.25) is 5.02 Å². The van der Waals surface area contributed by atoms with Gasteiger partial charge in [0.1, 0.15) is 12.4 Å². The highest BCUT2D eigenvalue weighted by molar-refractivity contribution is 6.30. The molecule has 112 valence electrons. The zero-order chi connectivity index (χ0) is 15.1. The van der Waals surface area contributed by atoms with Crippen molar-refractivity contribution in [3.05, 3.63) is 59.1 Å². The summed E-state index contributed by atoms with van der Waals surface area (Å²) in [6, 6.07) is 16.0. The van der Waals surface area contributed by atoms with Crippen molar-refractivity contribution in [2.75, 3.05) is 18.5 Å². The number of benzene rings is 2. The van der Waals surface area contributed by atoms with Crippen molar-refractivity contribution in [2.45, 2.75) is 26.2 Å². The maximum absolute atomic E-state index is 5.92. The maximum atomic E-state index is 5.92. The molecule has 0 saturated carbocycles. The van der Waals surface area contributed by atoms with Crippen molar-refractivity contribution in [3.63, 3.8) is 0 Å². The highest BCUT2D eigenvalue weighted by atomic mass is 35.5. The van der Waals surface area contributed by atoms with Crippen molar-refractivity contribution in [3.8, 4) is 5.75 Å². The van der Waals surface area contributed by atoms with Crippen LogP contribution in [0.5, 0.6) is 5.75 Å². The summed E-state index contributed by atoms with van der Waals surface area (Å²) in [4.78, 5) is 0. The summed E-state index contributed by atoms with van der Waals surface area (Å²) in [6.07, 6.45) is 1.11. The van der Waals surface area contributed by atoms with Gasteiger partial charge in [-0.3, -0.25) is 0 Å². The molecule has 0 radical (unpaired) electrons. The van der Waals surface area contributed by atoms with Gasteiger partial charge in [0.15, 0.2) is 0 Å². The number of nitrogens with one attached hydrogen (secondary N) is 1. The van der Waals surface area contributed by atoms with Gasteiger partial charge in [-0.25, -0.2) is 0 Å². The first-order chi connectivity index (χ1) is 10.2. The zero-order valence-corrected chi connectivity index (χ0v) is 13.4. The molecule has 0 aliphatic rings. The third kappa shape index (κ3) is 4.68. The first kappa shape index (κ1) is 15.7. The standard InChI is InChI=1S/C18H22ClNO/c1-3-14(2)17-6-4-5-7-18(17)21-13-12-20-16-10-8-15(19)9-11-16/h4-11,14,20H,3,12-13H2,1-2H3. The van der Waals surface area contributed by atoms with E-state index >= 15 is 0 Å². The Kier molecular flexibility index (Phi) is 5.94. The Hall–Kier alpha value is -1.67. The van der Waals surface area contributed by atoms with Crippen LogP contribution in [0.3, 0.4) is 0 Å². The van der Waals surface area contributed by atoms with Gasteiger partial charge in [0.05, 0.1) is 0 Å². The molecule has 0 fully saturated rings. The first-order valence-corrected chi connectivity index (χ1v) is 7.79. The molecule has 2 aromatic carbocycles. The van der Waals surface area contributed by atoms with E-state index < -0.39 is 0 Å². The number of halogens is 1. The first-order valence-electron chi connectivity index (χ1n) is 7.42. The summed E-state index contributed by atoms with van der Waals surface area (Å²) < 4.78 is 5.92. The van der Waals surface area contributed by atoms with Gasteiger partial charge < -0.3 is 10.1 Å². The van der Waals surface area contributed by atoms with Crippen molar-refractivity contribution in [2.24, 2.45) is 0 Å². The van der Waals surface area contributed by atoms with Crippen LogP contribution < -0.4 is 10.1 Å². The average molecular weight is 304 g/mol. The molecule has 0 aromatic heterocycles. The third-order valence-corrected chi connectivity index (χ3v) is 3.85. The van der Waals surface area contributed by atoms with Gasteiger partial charge in [0, 0.05) is 17.3 Å². The minimum absolute atomic E-state index is 0.519. The van der Waals surface area contributed by atoms with E-state index in [4.69, 9.17) is 16.3 Å². The van der Waals surface area contributed by atoms with Gasteiger partial charge in [-0.05, 0) is 48.2 Å². The Bertz CT molecular complexity index is 553. The second kappa shape index (κ2) is 7.94. The molecule has 2 aromatic rings. The largest absolute Gasteiger partial charge is 0.491 e. The molecule has 0 bridgehead atoms. The Morgan fingerprint density at radius 3 is 2.52 bits per heavy atom. The number of ether oxygens (including phenoxy) is 1. The van der Waals surface area contributed by atoms with Gasteiger partial charge in [-0.2, -0.15) is 0 Å². The molecule has 1 atom stereocenters. The Morgan fingerprint density at radius 1 is 1.10 bits per heavy atom. The number of hydrogen-bond acceptors (Lipinski definition) is 2. The normalized spacial score (nSPS) is 12.0. The number of hydrogen-bond donors (Lipinski definition) is 1. The highest BCUT2D eigenvalue weighted by Crippen LogP contribution is 2.28. The minimum Gasteiger partial charge on any atom is -0.491 e. The summed E-state index contributed by atoms with van der Waals surface area (Å²) in [7, 11) is 0. The third-order valence-electron chi connectivity index (χ3n) is 3.60. The molecule has 2 nitrogen and oxygen atoms in total. The lowest BCUT2D eigenvalue weighted by molar-refractivity contribution is 0.327. The predicted molar refractivity (Wildman–Crippen MR) is 90.6 cm³/mol. The van der Waals surface area contributed by atoms with Crippen LogP contribution in [0, 0.1) is 0 Å². The molecule has 0 heterocycles. The lowest BCUT2D eigenvalue weighted by Gasteiger charge is -2.16. The molecule has 0 saturated heterocycles. The fourth-order valence-electron chi connectivity index (χ4n) is 2.16. The summed E-state index contributed by atoms with van der Waals surface area (Å²) in [6.45, 7) is 5.82. The molecule has 1 unspecified atom stereocenters. The van der Waals surface area contributed by atoms with Crippen LogP contribution in [0.25, 0.3) is 0 Å². The molecular weight excluding hydrogens is 282 g/mol. The van der Waals surface area contributed by atoms with Gasteiger partial charge in [-0.1, -0.05) is 43.6 Å². The molecule has 0 amide bonds. The van der Waals surface area contributed by atoms with Crippen LogP contribution in [0.1, 0.15) is 31.7 Å². The Morgan fingerprint density at radius 2 is 1.81 bits per heavy atom. The molecule has 1 N–H and O–H groups in total. The van der Waals surface area contributed by atoms with Gasteiger partial charge in [0.2, 0.25) is 0 Å². The van der Waals surface area contributed by atoms with Gasteiger partial charge >= 0.3 is 0 Å². The monoisotopic (exact) mass is 303 g/mol. The van der Waals surface area contributed by atoms with E-state index in [1.807, 2.05) is 36.4 Å². The number of para-hydroxylation sites is 1. The van der Waals surface area contributed by atoms with Crippen LogP contribution in [0.4, 0.5) is 5.69 Å². The Balaban J connectivity index is 1.85. The van der Waals surface area contributed by atoms with Crippen LogP contribution in [-0.2, 0) is 0 Å². The van der Waals surface area contributed by atoms with Crippen LogP contribution in [0.15, 0.2) is 48.5 Å². The van der Waals surface area contributed by atoms with E-state index in [0.29, 0.717) is 12.5 Å². The second-order valence-electron chi connectivity index (χ2n) is 5.13. The number of rotatable bonds is 7. The van der Waals surface area contributed by atoms with E-state index in [1.54, 1.807) is 0 Å². The van der Waals surface area contributed by atoms with Crippen LogP contribution in [-0.4, -0.2) is 13.2 Å². The summed E-state index contributed by atoms with van der Waals surface area (Å²) in [5, 5.41) is 4.07. The van der Waals surface area contributed by atoms with E-state index in [-0.39, 0.29) is 0 Å². The molecule has 0 aliphatic carbocycles. The lowest BCUT2D eigenvalue weighted by atomic mass is 9.98.